The number of nitrogens with zero attached hydrogens (tertiary/aromatic N) is 3. The third-order valence-corrected chi connectivity index (χ3v) is 7.69. The van der Waals surface area contributed by atoms with Crippen LogP contribution in [0.15, 0.2) is 72.8 Å². The van der Waals surface area contributed by atoms with Gasteiger partial charge in [-0.15, -0.1) is 0 Å². The third-order valence-electron chi connectivity index (χ3n) is 7.44. The van der Waals surface area contributed by atoms with Crippen LogP contribution in [0.2, 0.25) is 5.02 Å². The van der Waals surface area contributed by atoms with E-state index >= 15 is 0 Å². The second-order valence-electron chi connectivity index (χ2n) is 10.1. The monoisotopic (exact) mass is 545 g/mol. The quantitative estimate of drug-likeness (QED) is 0.372. The van der Waals surface area contributed by atoms with E-state index < -0.39 is 0 Å². The molecule has 2 aliphatic heterocycles. The summed E-state index contributed by atoms with van der Waals surface area (Å²) in [6.07, 6.45) is 2.10. The zero-order valence-corrected chi connectivity index (χ0v) is 22.9. The first kappa shape index (κ1) is 26.8. The molecule has 7 nitrogen and oxygen atoms in total. The molecule has 0 bridgehead atoms. The third kappa shape index (κ3) is 5.64. The summed E-state index contributed by atoms with van der Waals surface area (Å²) >= 11 is 6.10. The van der Waals surface area contributed by atoms with Gasteiger partial charge in [-0.2, -0.15) is 0 Å². The smallest absolute Gasteiger partial charge is 0.258 e. The minimum absolute atomic E-state index is 0.0752. The van der Waals surface area contributed by atoms with E-state index in [1.807, 2.05) is 53.1 Å². The molecule has 202 valence electrons. The van der Waals surface area contributed by atoms with E-state index in [2.05, 4.69) is 0 Å². The predicted molar refractivity (Wildman–Crippen MR) is 152 cm³/mol. The molecular weight excluding hydrogens is 514 g/mol. The van der Waals surface area contributed by atoms with Gasteiger partial charge >= 0.3 is 0 Å². The van der Waals surface area contributed by atoms with E-state index in [1.165, 1.54) is 0 Å². The zero-order chi connectivity index (χ0) is 27.5. The van der Waals surface area contributed by atoms with Gasteiger partial charge in [0.2, 0.25) is 11.8 Å². The van der Waals surface area contributed by atoms with Crippen molar-refractivity contribution in [2.24, 2.45) is 0 Å². The molecule has 39 heavy (non-hydrogen) atoms. The molecule has 2 atom stereocenters. The van der Waals surface area contributed by atoms with E-state index in [1.54, 1.807) is 48.2 Å². The summed E-state index contributed by atoms with van der Waals surface area (Å²) in [7, 11) is 0. The van der Waals surface area contributed by atoms with Crippen molar-refractivity contribution < 1.29 is 19.1 Å². The minimum Gasteiger partial charge on any atom is -0.492 e. The molecule has 8 heteroatoms. The number of benzene rings is 3. The standard InChI is InChI=1S/C31H32ClN3O4/c1-21-20-29(35(22(2)36)25-13-11-24(32)12-14-25)27-6-3-4-7-28(27)34(21)31(38)23-9-15-26(16-10-23)39-19-18-33-17-5-8-30(33)37/h3-4,6-7,9-16,21,29H,5,8,17-20H2,1-2H3/t21-,29+/m0/s1. The highest BCUT2D eigenvalue weighted by atomic mass is 35.5. The van der Waals surface area contributed by atoms with Crippen LogP contribution in [0.1, 0.15) is 55.1 Å². The van der Waals surface area contributed by atoms with Crippen LogP contribution in [0.3, 0.4) is 0 Å². The van der Waals surface area contributed by atoms with Crippen LogP contribution in [-0.4, -0.2) is 48.4 Å². The average molecular weight is 546 g/mol. The molecule has 3 aromatic rings. The Morgan fingerprint density at radius 2 is 1.74 bits per heavy atom. The van der Waals surface area contributed by atoms with Gasteiger partial charge in [0, 0.05) is 47.9 Å². The van der Waals surface area contributed by atoms with Crippen molar-refractivity contribution in [2.75, 3.05) is 29.5 Å². The lowest BCUT2D eigenvalue weighted by Gasteiger charge is -2.43. The highest BCUT2D eigenvalue weighted by Gasteiger charge is 2.38. The topological polar surface area (TPSA) is 70.2 Å². The maximum Gasteiger partial charge on any atom is 0.258 e. The highest BCUT2D eigenvalue weighted by Crippen LogP contribution is 2.43. The Morgan fingerprint density at radius 1 is 1.03 bits per heavy atom. The van der Waals surface area contributed by atoms with Crippen LogP contribution in [-0.2, 0) is 9.59 Å². The van der Waals surface area contributed by atoms with Crippen molar-refractivity contribution >= 4 is 40.7 Å². The lowest BCUT2D eigenvalue weighted by Crippen LogP contribution is -2.47. The fraction of sp³-hybridized carbons (Fsp3) is 0.323. The van der Waals surface area contributed by atoms with Crippen LogP contribution in [0, 0.1) is 0 Å². The summed E-state index contributed by atoms with van der Waals surface area (Å²) in [5, 5.41) is 0.606. The summed E-state index contributed by atoms with van der Waals surface area (Å²) in [5.41, 5.74) is 3.04. The molecule has 0 unspecified atom stereocenters. The minimum atomic E-state index is -0.225. The lowest BCUT2D eigenvalue weighted by atomic mass is 9.89. The number of carbonyl (C=O) groups excluding carboxylic acids is 3. The molecule has 1 fully saturated rings. The van der Waals surface area contributed by atoms with E-state index in [4.69, 9.17) is 16.3 Å². The van der Waals surface area contributed by atoms with E-state index in [0.29, 0.717) is 42.3 Å². The average Bonchev–Trinajstić information content (AvgIpc) is 3.34. The van der Waals surface area contributed by atoms with Gasteiger partial charge < -0.3 is 19.4 Å². The number of para-hydroxylation sites is 1. The van der Waals surface area contributed by atoms with Gasteiger partial charge in [0.1, 0.15) is 12.4 Å². The summed E-state index contributed by atoms with van der Waals surface area (Å²) in [4.78, 5) is 43.8. The number of halogens is 1. The molecule has 3 amide bonds. The number of rotatable bonds is 7. The van der Waals surface area contributed by atoms with Crippen molar-refractivity contribution in [2.45, 2.75) is 45.2 Å². The second-order valence-corrected chi connectivity index (χ2v) is 10.5. The first-order valence-electron chi connectivity index (χ1n) is 13.3. The molecule has 0 radical (unpaired) electrons. The molecule has 5 rings (SSSR count). The maximum atomic E-state index is 13.8. The Morgan fingerprint density at radius 3 is 2.41 bits per heavy atom. The molecule has 2 heterocycles. The van der Waals surface area contributed by atoms with E-state index in [-0.39, 0.29) is 29.8 Å². The second kappa shape index (κ2) is 11.5. The van der Waals surface area contributed by atoms with Crippen molar-refractivity contribution in [1.29, 1.82) is 0 Å². The van der Waals surface area contributed by atoms with E-state index in [9.17, 15) is 14.4 Å². The maximum absolute atomic E-state index is 13.8. The molecule has 0 saturated carbocycles. The van der Waals surface area contributed by atoms with Crippen LogP contribution in [0.4, 0.5) is 11.4 Å². The number of likely N-dealkylation sites (tertiary alicyclic amines) is 1. The number of carbonyl (C=O) groups is 3. The normalized spacial score (nSPS) is 18.6. The number of ether oxygens (including phenoxy) is 1. The summed E-state index contributed by atoms with van der Waals surface area (Å²) in [5.74, 6) is 0.653. The highest BCUT2D eigenvalue weighted by molar-refractivity contribution is 6.30. The first-order valence-corrected chi connectivity index (χ1v) is 13.7. The number of hydrogen-bond acceptors (Lipinski definition) is 4. The van der Waals surface area contributed by atoms with Gasteiger partial charge in [0.25, 0.3) is 5.91 Å². The predicted octanol–water partition coefficient (Wildman–Crippen LogP) is 5.87. The molecular formula is C31H32ClN3O4. The number of hydrogen-bond donors (Lipinski definition) is 0. The fourth-order valence-electron chi connectivity index (χ4n) is 5.57. The van der Waals surface area contributed by atoms with Crippen molar-refractivity contribution in [1.82, 2.24) is 4.90 Å². The van der Waals surface area contributed by atoms with Gasteiger partial charge in [-0.05, 0) is 79.9 Å². The number of amides is 3. The Labute approximate surface area is 233 Å². The molecule has 0 N–H and O–H groups in total. The Bertz CT molecular complexity index is 1360. The van der Waals surface area contributed by atoms with Crippen molar-refractivity contribution in [3.8, 4) is 5.75 Å². The van der Waals surface area contributed by atoms with Gasteiger partial charge in [-0.25, -0.2) is 0 Å². The van der Waals surface area contributed by atoms with Crippen LogP contribution >= 0.6 is 11.6 Å². The van der Waals surface area contributed by atoms with Gasteiger partial charge in [0.05, 0.1) is 12.6 Å². The van der Waals surface area contributed by atoms with Gasteiger partial charge in [-0.1, -0.05) is 29.8 Å². The van der Waals surface area contributed by atoms with Crippen LogP contribution in [0.5, 0.6) is 5.75 Å². The molecule has 2 aliphatic rings. The fourth-order valence-corrected chi connectivity index (χ4v) is 5.69. The number of anilines is 2. The van der Waals surface area contributed by atoms with Crippen LogP contribution in [0.25, 0.3) is 0 Å². The van der Waals surface area contributed by atoms with Gasteiger partial charge in [0.15, 0.2) is 0 Å². The largest absolute Gasteiger partial charge is 0.492 e. The number of fused-ring (bicyclic) bond motifs is 1. The lowest BCUT2D eigenvalue weighted by molar-refractivity contribution is -0.128. The molecule has 0 spiro atoms. The molecule has 1 saturated heterocycles. The first-order chi connectivity index (χ1) is 18.8. The SMILES string of the molecule is CC(=O)N(c1ccc(Cl)cc1)[C@@H]1C[C@H](C)N(C(=O)c2ccc(OCCN3CCCC3=O)cc2)c2ccccc21. The van der Waals surface area contributed by atoms with Crippen molar-refractivity contribution in [3.05, 3.63) is 88.9 Å². The summed E-state index contributed by atoms with van der Waals surface area (Å²) in [6, 6.07) is 21.8. The Hall–Kier alpha value is -3.84. The molecule has 3 aromatic carbocycles. The Kier molecular flexibility index (Phi) is 7.89. The van der Waals surface area contributed by atoms with Gasteiger partial charge in [-0.3, -0.25) is 14.4 Å². The summed E-state index contributed by atoms with van der Waals surface area (Å²) < 4.78 is 5.82. The molecule has 0 aromatic heterocycles. The summed E-state index contributed by atoms with van der Waals surface area (Å²) in [6.45, 7) is 5.34. The van der Waals surface area contributed by atoms with E-state index in [0.717, 1.165) is 29.9 Å². The zero-order valence-electron chi connectivity index (χ0n) is 22.2. The molecule has 0 aliphatic carbocycles. The van der Waals surface area contributed by atoms with Crippen molar-refractivity contribution in [3.63, 3.8) is 0 Å². The Balaban J connectivity index is 1.35. The van der Waals surface area contributed by atoms with Crippen LogP contribution < -0.4 is 14.5 Å².